The quantitative estimate of drug-likeness (QED) is 0.805. The van der Waals surface area contributed by atoms with E-state index < -0.39 is 0 Å². The number of amides is 1. The summed E-state index contributed by atoms with van der Waals surface area (Å²) in [6, 6.07) is 8.03. The normalized spacial score (nSPS) is 15.6. The minimum atomic E-state index is 0.199. The Morgan fingerprint density at radius 1 is 1.38 bits per heavy atom. The summed E-state index contributed by atoms with van der Waals surface area (Å²) in [7, 11) is 0. The predicted molar refractivity (Wildman–Crippen MR) is 63.5 cm³/mol. The van der Waals surface area contributed by atoms with Crippen LogP contribution in [0.15, 0.2) is 24.3 Å². The molecule has 0 saturated heterocycles. The van der Waals surface area contributed by atoms with Crippen LogP contribution in [0.25, 0.3) is 0 Å². The summed E-state index contributed by atoms with van der Waals surface area (Å²) in [6.07, 6.45) is 3.30. The average Bonchev–Trinajstić information content (AvgIpc) is 2.24. The molecule has 0 radical (unpaired) electrons. The van der Waals surface area contributed by atoms with Crippen LogP contribution in [0.5, 0.6) is 0 Å². The maximum atomic E-state index is 11.6. The summed E-state index contributed by atoms with van der Waals surface area (Å²) in [6.45, 7) is 1.16. The van der Waals surface area contributed by atoms with Gasteiger partial charge in [-0.3, -0.25) is 4.79 Å². The van der Waals surface area contributed by atoms with Gasteiger partial charge in [-0.15, -0.1) is 0 Å². The molecule has 1 aliphatic rings. The summed E-state index contributed by atoms with van der Waals surface area (Å²) < 4.78 is 0. The molecule has 2 rings (SSSR count). The Morgan fingerprint density at radius 3 is 2.75 bits per heavy atom. The second kappa shape index (κ2) is 5.12. The van der Waals surface area contributed by atoms with Crippen molar-refractivity contribution >= 4 is 5.91 Å². The van der Waals surface area contributed by atoms with Gasteiger partial charge in [-0.2, -0.15) is 0 Å². The molecule has 3 N–H and O–H groups in total. The molecule has 1 aliphatic carbocycles. The molecule has 1 amide bonds. The van der Waals surface area contributed by atoms with Gasteiger partial charge in [0.15, 0.2) is 0 Å². The van der Waals surface area contributed by atoms with Crippen LogP contribution in [0.4, 0.5) is 0 Å². The topological polar surface area (TPSA) is 55.1 Å². The molecule has 0 bridgehead atoms. The third kappa shape index (κ3) is 2.61. The van der Waals surface area contributed by atoms with Crippen molar-refractivity contribution in [3.8, 4) is 0 Å². The SMILES string of the molecule is NCc1cccc(CNC(=O)C2CCC2)c1. The maximum Gasteiger partial charge on any atom is 0.223 e. The molecule has 1 fully saturated rings. The first kappa shape index (κ1) is 11.1. The van der Waals surface area contributed by atoms with Crippen LogP contribution in [-0.2, 0) is 17.9 Å². The lowest BCUT2D eigenvalue weighted by atomic mass is 9.85. The van der Waals surface area contributed by atoms with E-state index in [1.807, 2.05) is 24.3 Å². The van der Waals surface area contributed by atoms with Crippen LogP contribution in [0.3, 0.4) is 0 Å². The first-order chi connectivity index (χ1) is 7.79. The van der Waals surface area contributed by atoms with Crippen LogP contribution >= 0.6 is 0 Å². The lowest BCUT2D eigenvalue weighted by Gasteiger charge is -2.24. The molecule has 3 heteroatoms. The summed E-state index contributed by atoms with van der Waals surface area (Å²) >= 11 is 0. The Morgan fingerprint density at radius 2 is 2.12 bits per heavy atom. The number of hydrogen-bond acceptors (Lipinski definition) is 2. The summed E-state index contributed by atoms with van der Waals surface area (Å²) in [4.78, 5) is 11.6. The predicted octanol–water partition coefficient (Wildman–Crippen LogP) is 1.56. The zero-order chi connectivity index (χ0) is 11.4. The molecule has 0 spiro atoms. The Hall–Kier alpha value is -1.35. The first-order valence-corrected chi connectivity index (χ1v) is 5.85. The minimum absolute atomic E-state index is 0.199. The van der Waals surface area contributed by atoms with E-state index in [0.29, 0.717) is 13.1 Å². The van der Waals surface area contributed by atoms with Gasteiger partial charge in [0.1, 0.15) is 0 Å². The number of nitrogens with one attached hydrogen (secondary N) is 1. The molecule has 0 heterocycles. The van der Waals surface area contributed by atoms with Crippen molar-refractivity contribution < 1.29 is 4.79 Å². The van der Waals surface area contributed by atoms with E-state index in [-0.39, 0.29) is 11.8 Å². The van der Waals surface area contributed by atoms with Gasteiger partial charge < -0.3 is 11.1 Å². The van der Waals surface area contributed by atoms with Gasteiger partial charge in [0.05, 0.1) is 0 Å². The maximum absolute atomic E-state index is 11.6. The smallest absolute Gasteiger partial charge is 0.223 e. The molecular formula is C13H18N2O. The zero-order valence-electron chi connectivity index (χ0n) is 9.41. The Labute approximate surface area is 96.0 Å². The van der Waals surface area contributed by atoms with Gasteiger partial charge in [0.25, 0.3) is 0 Å². The highest BCUT2D eigenvalue weighted by Crippen LogP contribution is 2.26. The fourth-order valence-electron chi connectivity index (χ4n) is 1.87. The van der Waals surface area contributed by atoms with Crippen molar-refractivity contribution in [3.63, 3.8) is 0 Å². The number of rotatable bonds is 4. The van der Waals surface area contributed by atoms with Gasteiger partial charge in [-0.25, -0.2) is 0 Å². The van der Waals surface area contributed by atoms with E-state index in [9.17, 15) is 4.79 Å². The molecule has 1 aromatic rings. The van der Waals surface area contributed by atoms with Crippen LogP contribution in [0, 0.1) is 5.92 Å². The lowest BCUT2D eigenvalue weighted by molar-refractivity contribution is -0.127. The summed E-state index contributed by atoms with van der Waals surface area (Å²) in [5.74, 6) is 0.460. The highest BCUT2D eigenvalue weighted by Gasteiger charge is 2.24. The van der Waals surface area contributed by atoms with Crippen molar-refractivity contribution in [2.75, 3.05) is 0 Å². The molecule has 0 atom stereocenters. The molecule has 86 valence electrons. The first-order valence-electron chi connectivity index (χ1n) is 5.85. The molecule has 16 heavy (non-hydrogen) atoms. The molecule has 0 aliphatic heterocycles. The number of nitrogens with two attached hydrogens (primary N) is 1. The second-order valence-electron chi connectivity index (χ2n) is 4.37. The highest BCUT2D eigenvalue weighted by molar-refractivity contribution is 5.79. The van der Waals surface area contributed by atoms with Gasteiger partial charge >= 0.3 is 0 Å². The van der Waals surface area contributed by atoms with E-state index in [1.165, 1.54) is 6.42 Å². The molecule has 0 aromatic heterocycles. The lowest BCUT2D eigenvalue weighted by Crippen LogP contribution is -2.33. The van der Waals surface area contributed by atoms with Gasteiger partial charge in [0, 0.05) is 19.0 Å². The Bertz CT molecular complexity index is 372. The fourth-order valence-corrected chi connectivity index (χ4v) is 1.87. The Balaban J connectivity index is 1.86. The zero-order valence-corrected chi connectivity index (χ0v) is 9.41. The van der Waals surface area contributed by atoms with Gasteiger partial charge in [-0.05, 0) is 24.0 Å². The van der Waals surface area contributed by atoms with Crippen LogP contribution in [0.2, 0.25) is 0 Å². The van der Waals surface area contributed by atoms with Crippen molar-refractivity contribution in [2.24, 2.45) is 11.7 Å². The number of carbonyl (C=O) groups is 1. The van der Waals surface area contributed by atoms with Crippen LogP contribution in [-0.4, -0.2) is 5.91 Å². The fraction of sp³-hybridized carbons (Fsp3) is 0.462. The largest absolute Gasteiger partial charge is 0.352 e. The monoisotopic (exact) mass is 218 g/mol. The third-order valence-electron chi connectivity index (χ3n) is 3.17. The van der Waals surface area contributed by atoms with Gasteiger partial charge in [-0.1, -0.05) is 30.7 Å². The highest BCUT2D eigenvalue weighted by atomic mass is 16.1. The van der Waals surface area contributed by atoms with Crippen LogP contribution in [0.1, 0.15) is 30.4 Å². The van der Waals surface area contributed by atoms with E-state index in [4.69, 9.17) is 5.73 Å². The van der Waals surface area contributed by atoms with Gasteiger partial charge in [0.2, 0.25) is 5.91 Å². The van der Waals surface area contributed by atoms with E-state index in [2.05, 4.69) is 5.32 Å². The Kier molecular flexibility index (Phi) is 3.57. The minimum Gasteiger partial charge on any atom is -0.352 e. The van der Waals surface area contributed by atoms with E-state index >= 15 is 0 Å². The molecule has 3 nitrogen and oxygen atoms in total. The third-order valence-corrected chi connectivity index (χ3v) is 3.17. The van der Waals surface area contributed by atoms with Crippen molar-refractivity contribution in [1.82, 2.24) is 5.32 Å². The average molecular weight is 218 g/mol. The number of hydrogen-bond donors (Lipinski definition) is 2. The van der Waals surface area contributed by atoms with Crippen LogP contribution < -0.4 is 11.1 Å². The molecule has 1 aromatic carbocycles. The number of carbonyl (C=O) groups excluding carboxylic acids is 1. The van der Waals surface area contributed by atoms with Crippen molar-refractivity contribution in [1.29, 1.82) is 0 Å². The van der Waals surface area contributed by atoms with Crippen molar-refractivity contribution in [3.05, 3.63) is 35.4 Å². The van der Waals surface area contributed by atoms with E-state index in [1.54, 1.807) is 0 Å². The summed E-state index contributed by atoms with van der Waals surface area (Å²) in [5.41, 5.74) is 7.79. The molecular weight excluding hydrogens is 200 g/mol. The second-order valence-corrected chi connectivity index (χ2v) is 4.37. The number of benzene rings is 1. The summed E-state index contributed by atoms with van der Waals surface area (Å²) in [5, 5.41) is 2.97. The van der Waals surface area contributed by atoms with E-state index in [0.717, 1.165) is 24.0 Å². The standard InChI is InChI=1S/C13H18N2O/c14-8-10-3-1-4-11(7-10)9-15-13(16)12-5-2-6-12/h1,3-4,7,12H,2,5-6,8-9,14H2,(H,15,16). The molecule has 1 saturated carbocycles. The van der Waals surface area contributed by atoms with Crippen molar-refractivity contribution in [2.45, 2.75) is 32.4 Å². The molecule has 0 unspecified atom stereocenters.